The number of aryl methyl sites for hydroxylation is 2. The first kappa shape index (κ1) is 21.2. The van der Waals surface area contributed by atoms with Crippen LogP contribution in [0.5, 0.6) is 11.5 Å². The molecule has 3 aromatic carbocycles. The second-order valence-electron chi connectivity index (χ2n) is 7.54. The van der Waals surface area contributed by atoms with E-state index in [1.165, 1.54) is 12.0 Å². The van der Waals surface area contributed by atoms with Crippen LogP contribution in [0.4, 0.5) is 11.4 Å². The number of imide groups is 1. The summed E-state index contributed by atoms with van der Waals surface area (Å²) in [6.07, 6.45) is 0. The van der Waals surface area contributed by atoms with Gasteiger partial charge >= 0.3 is 0 Å². The lowest BCUT2D eigenvalue weighted by molar-refractivity contribution is -0.120. The van der Waals surface area contributed by atoms with Crippen molar-refractivity contribution in [2.75, 3.05) is 24.4 Å². The number of benzene rings is 3. The zero-order valence-electron chi connectivity index (χ0n) is 18.4. The Balaban J connectivity index is 1.84. The molecule has 6 nitrogen and oxygen atoms in total. The lowest BCUT2D eigenvalue weighted by Crippen LogP contribution is -2.33. The van der Waals surface area contributed by atoms with Gasteiger partial charge in [-0.05, 0) is 43.2 Å². The van der Waals surface area contributed by atoms with Gasteiger partial charge in [-0.2, -0.15) is 0 Å². The number of anilines is 2. The summed E-state index contributed by atoms with van der Waals surface area (Å²) in [6, 6.07) is 20.1. The first-order valence-corrected chi connectivity index (χ1v) is 10.2. The van der Waals surface area contributed by atoms with Crippen molar-refractivity contribution in [3.05, 3.63) is 89.1 Å². The van der Waals surface area contributed by atoms with Gasteiger partial charge in [-0.1, -0.05) is 48.0 Å². The molecule has 162 valence electrons. The average Bonchev–Trinajstić information content (AvgIpc) is 3.04. The number of amides is 2. The number of methoxy groups -OCH3 is 2. The van der Waals surface area contributed by atoms with E-state index in [1.807, 2.05) is 56.3 Å². The van der Waals surface area contributed by atoms with E-state index in [4.69, 9.17) is 9.47 Å². The summed E-state index contributed by atoms with van der Waals surface area (Å²) < 4.78 is 10.7. The maximum Gasteiger partial charge on any atom is 0.282 e. The van der Waals surface area contributed by atoms with Crippen LogP contribution in [0.1, 0.15) is 16.7 Å². The van der Waals surface area contributed by atoms with Crippen LogP contribution in [-0.4, -0.2) is 26.0 Å². The largest absolute Gasteiger partial charge is 0.497 e. The van der Waals surface area contributed by atoms with Crippen molar-refractivity contribution in [1.29, 1.82) is 0 Å². The van der Waals surface area contributed by atoms with Gasteiger partial charge in [0.05, 0.1) is 31.2 Å². The molecule has 1 aliphatic rings. The Kier molecular flexibility index (Phi) is 5.69. The van der Waals surface area contributed by atoms with Gasteiger partial charge < -0.3 is 14.8 Å². The van der Waals surface area contributed by atoms with E-state index >= 15 is 0 Å². The highest BCUT2D eigenvalue weighted by Crippen LogP contribution is 2.37. The summed E-state index contributed by atoms with van der Waals surface area (Å²) in [6.45, 7) is 3.87. The molecule has 2 amide bonds. The van der Waals surface area contributed by atoms with Gasteiger partial charge in [0.15, 0.2) is 0 Å². The molecule has 0 aliphatic carbocycles. The fraction of sp³-hybridized carbons (Fsp3) is 0.154. The summed E-state index contributed by atoms with van der Waals surface area (Å²) in [5.74, 6) is 0.326. The predicted molar refractivity (Wildman–Crippen MR) is 125 cm³/mol. The molecule has 0 saturated carbocycles. The number of carbonyl (C=O) groups excluding carboxylic acids is 2. The second-order valence-corrected chi connectivity index (χ2v) is 7.54. The highest BCUT2D eigenvalue weighted by Gasteiger charge is 2.41. The zero-order valence-corrected chi connectivity index (χ0v) is 18.4. The van der Waals surface area contributed by atoms with Crippen molar-refractivity contribution >= 4 is 28.8 Å². The maximum absolute atomic E-state index is 13.6. The van der Waals surface area contributed by atoms with Gasteiger partial charge in [0.25, 0.3) is 11.8 Å². The number of nitrogens with zero attached hydrogens (tertiary/aromatic N) is 1. The summed E-state index contributed by atoms with van der Waals surface area (Å²) >= 11 is 0. The molecule has 6 heteroatoms. The van der Waals surface area contributed by atoms with Gasteiger partial charge in [-0.25, -0.2) is 4.90 Å². The van der Waals surface area contributed by atoms with E-state index in [9.17, 15) is 9.59 Å². The van der Waals surface area contributed by atoms with Crippen molar-refractivity contribution in [1.82, 2.24) is 0 Å². The first-order valence-electron chi connectivity index (χ1n) is 10.2. The molecule has 0 spiro atoms. The molecule has 32 heavy (non-hydrogen) atoms. The van der Waals surface area contributed by atoms with Crippen molar-refractivity contribution in [3.8, 4) is 11.5 Å². The van der Waals surface area contributed by atoms with Crippen LogP contribution < -0.4 is 19.7 Å². The molecule has 1 heterocycles. The zero-order chi connectivity index (χ0) is 22.8. The third-order valence-corrected chi connectivity index (χ3v) is 5.41. The van der Waals surface area contributed by atoms with E-state index in [-0.39, 0.29) is 11.6 Å². The fourth-order valence-electron chi connectivity index (χ4n) is 3.83. The molecule has 0 unspecified atom stereocenters. The highest BCUT2D eigenvalue weighted by atomic mass is 16.5. The van der Waals surface area contributed by atoms with Crippen LogP contribution in [-0.2, 0) is 9.59 Å². The standard InChI is InChI=1S/C26H24N2O4/c1-16-10-13-21(17(2)14-16)28-25(29)23(18-8-6-5-7-9-18)24(26(28)30)27-20-12-11-19(31-3)15-22(20)32-4/h5-15,27H,1-4H3. The van der Waals surface area contributed by atoms with Crippen molar-refractivity contribution < 1.29 is 19.1 Å². The first-order chi connectivity index (χ1) is 15.4. The SMILES string of the molecule is COc1ccc(NC2=C(c3ccccc3)C(=O)N(c3ccc(C)cc3C)C2=O)c(OC)c1. The van der Waals surface area contributed by atoms with Crippen LogP contribution in [0.25, 0.3) is 5.57 Å². The van der Waals surface area contributed by atoms with Crippen molar-refractivity contribution in [2.24, 2.45) is 0 Å². The van der Waals surface area contributed by atoms with Crippen molar-refractivity contribution in [2.45, 2.75) is 13.8 Å². The third-order valence-electron chi connectivity index (χ3n) is 5.41. The molecular formula is C26H24N2O4. The van der Waals surface area contributed by atoms with Crippen LogP contribution in [0.3, 0.4) is 0 Å². The van der Waals surface area contributed by atoms with Crippen LogP contribution in [0.15, 0.2) is 72.4 Å². The number of ether oxygens (including phenoxy) is 2. The Labute approximate surface area is 187 Å². The number of carbonyl (C=O) groups is 2. The molecule has 4 rings (SSSR count). The summed E-state index contributed by atoms with van der Waals surface area (Å²) in [7, 11) is 3.11. The fourth-order valence-corrected chi connectivity index (χ4v) is 3.83. The molecule has 0 saturated heterocycles. The molecule has 0 radical (unpaired) electrons. The second kappa shape index (κ2) is 8.59. The normalized spacial score (nSPS) is 13.6. The molecular weight excluding hydrogens is 404 g/mol. The van der Waals surface area contributed by atoms with E-state index < -0.39 is 5.91 Å². The Morgan fingerprint density at radius 1 is 0.812 bits per heavy atom. The van der Waals surface area contributed by atoms with Gasteiger partial charge in [0.1, 0.15) is 17.2 Å². The van der Waals surface area contributed by atoms with E-state index in [1.54, 1.807) is 31.4 Å². The summed E-state index contributed by atoms with van der Waals surface area (Å²) in [5, 5.41) is 3.16. The minimum Gasteiger partial charge on any atom is -0.497 e. The molecule has 3 aromatic rings. The number of hydrogen-bond acceptors (Lipinski definition) is 5. The summed E-state index contributed by atoms with van der Waals surface area (Å²) in [4.78, 5) is 28.4. The smallest absolute Gasteiger partial charge is 0.282 e. The van der Waals surface area contributed by atoms with E-state index in [2.05, 4.69) is 5.32 Å². The van der Waals surface area contributed by atoms with Gasteiger partial charge in [-0.15, -0.1) is 0 Å². The Hall–Kier alpha value is -4.06. The highest BCUT2D eigenvalue weighted by molar-refractivity contribution is 6.46. The number of rotatable bonds is 6. The van der Waals surface area contributed by atoms with E-state index in [0.29, 0.717) is 34.0 Å². The quantitative estimate of drug-likeness (QED) is 0.576. The Morgan fingerprint density at radius 2 is 1.56 bits per heavy atom. The van der Waals surface area contributed by atoms with Crippen LogP contribution in [0.2, 0.25) is 0 Å². The van der Waals surface area contributed by atoms with Crippen LogP contribution in [0, 0.1) is 13.8 Å². The molecule has 0 aromatic heterocycles. The van der Waals surface area contributed by atoms with Crippen LogP contribution >= 0.6 is 0 Å². The minimum absolute atomic E-state index is 0.199. The molecule has 1 N–H and O–H groups in total. The minimum atomic E-state index is -0.418. The maximum atomic E-state index is 13.6. The Morgan fingerprint density at radius 3 is 2.22 bits per heavy atom. The third kappa shape index (κ3) is 3.71. The lowest BCUT2D eigenvalue weighted by Gasteiger charge is -2.18. The van der Waals surface area contributed by atoms with Gasteiger partial charge in [0.2, 0.25) is 0 Å². The molecule has 1 aliphatic heterocycles. The topological polar surface area (TPSA) is 67.9 Å². The molecule has 0 atom stereocenters. The molecule has 0 bridgehead atoms. The molecule has 0 fully saturated rings. The summed E-state index contributed by atoms with van der Waals surface area (Å²) in [5.41, 5.74) is 4.20. The monoisotopic (exact) mass is 428 g/mol. The number of nitrogens with one attached hydrogen (secondary N) is 1. The Bertz CT molecular complexity index is 1230. The lowest BCUT2D eigenvalue weighted by atomic mass is 10.0. The number of hydrogen-bond donors (Lipinski definition) is 1. The van der Waals surface area contributed by atoms with Crippen molar-refractivity contribution in [3.63, 3.8) is 0 Å². The van der Waals surface area contributed by atoms with Gasteiger partial charge in [-0.3, -0.25) is 9.59 Å². The average molecular weight is 428 g/mol. The predicted octanol–water partition coefficient (Wildman–Crippen LogP) is 4.72. The van der Waals surface area contributed by atoms with E-state index in [0.717, 1.165) is 11.1 Å². The van der Waals surface area contributed by atoms with Gasteiger partial charge in [0, 0.05) is 6.07 Å².